The van der Waals surface area contributed by atoms with E-state index in [2.05, 4.69) is 10.5 Å². The van der Waals surface area contributed by atoms with Crippen LogP contribution in [0.5, 0.6) is 0 Å². The Morgan fingerprint density at radius 1 is 1.14 bits per heavy atom. The van der Waals surface area contributed by atoms with Crippen LogP contribution >= 0.6 is 0 Å². The second-order valence-electron chi connectivity index (χ2n) is 11.8. The molecule has 2 fully saturated rings. The molecule has 3 aromatic rings. The Morgan fingerprint density at radius 2 is 1.91 bits per heavy atom. The lowest BCUT2D eigenvalue weighted by atomic mass is 10.0. The molecule has 0 saturated carbocycles. The zero-order valence-corrected chi connectivity index (χ0v) is 25.7. The number of hydrogen-bond acceptors (Lipinski definition) is 10. The first-order valence-corrected chi connectivity index (χ1v) is 16.0. The number of aromatic nitrogens is 1. The van der Waals surface area contributed by atoms with E-state index in [4.69, 9.17) is 18.7 Å². The van der Waals surface area contributed by atoms with E-state index in [-0.39, 0.29) is 49.1 Å². The molecule has 1 amide bonds. The number of aliphatic hydroxyl groups is 1. The van der Waals surface area contributed by atoms with Crippen molar-refractivity contribution < 1.29 is 37.1 Å². The van der Waals surface area contributed by atoms with E-state index in [1.807, 2.05) is 44.2 Å². The summed E-state index contributed by atoms with van der Waals surface area (Å²) in [4.78, 5) is 14.9. The van der Waals surface area contributed by atoms with E-state index < -0.39 is 34.4 Å². The second-order valence-corrected chi connectivity index (χ2v) is 13.7. The van der Waals surface area contributed by atoms with Gasteiger partial charge in [0.25, 0.3) is 0 Å². The van der Waals surface area contributed by atoms with Crippen LogP contribution in [0, 0.1) is 11.8 Å². The van der Waals surface area contributed by atoms with Crippen LogP contribution < -0.4 is 10.2 Å². The highest BCUT2D eigenvalue weighted by Gasteiger charge is 2.44. The van der Waals surface area contributed by atoms with Crippen LogP contribution in [0.1, 0.15) is 25.8 Å². The van der Waals surface area contributed by atoms with Crippen molar-refractivity contribution in [1.29, 1.82) is 0 Å². The van der Waals surface area contributed by atoms with Crippen molar-refractivity contribution >= 4 is 32.9 Å². The molecule has 5 rings (SSSR count). The fourth-order valence-electron chi connectivity index (χ4n) is 5.57. The molecule has 2 aliphatic heterocycles. The van der Waals surface area contributed by atoms with Gasteiger partial charge in [-0.2, -0.15) is 4.31 Å². The van der Waals surface area contributed by atoms with Gasteiger partial charge in [0.1, 0.15) is 6.10 Å². The van der Waals surface area contributed by atoms with Gasteiger partial charge in [0.15, 0.2) is 17.7 Å². The predicted octanol–water partition coefficient (Wildman–Crippen LogP) is 3.00. The van der Waals surface area contributed by atoms with Crippen molar-refractivity contribution in [3.63, 3.8) is 0 Å². The number of carbonyl (C=O) groups is 1. The van der Waals surface area contributed by atoms with E-state index in [9.17, 15) is 18.3 Å². The fraction of sp³-hybridized carbons (Fsp3) is 0.533. The summed E-state index contributed by atoms with van der Waals surface area (Å²) in [5.74, 6) is 0.440. The summed E-state index contributed by atoms with van der Waals surface area (Å²) < 4.78 is 51.4. The Kier molecular flexibility index (Phi) is 9.57. The average Bonchev–Trinajstić information content (AvgIpc) is 3.69. The Balaban J connectivity index is 1.37. The Morgan fingerprint density at radius 3 is 2.63 bits per heavy atom. The SMILES string of the molecule is CC(C)CN(CC(O)C(Cc1ccccc1)NC(=O)OC1COC2OCCC12)S(=O)(=O)c1ccc2onc(N(C)C)c2c1. The van der Waals surface area contributed by atoms with Gasteiger partial charge in [-0.1, -0.05) is 49.3 Å². The van der Waals surface area contributed by atoms with Crippen LogP contribution in [0.15, 0.2) is 57.9 Å². The maximum atomic E-state index is 14.0. The number of amides is 1. The fourth-order valence-corrected chi connectivity index (χ4v) is 7.22. The number of nitrogens with one attached hydrogen (secondary N) is 1. The first kappa shape index (κ1) is 31.2. The monoisotopic (exact) mass is 616 g/mol. The summed E-state index contributed by atoms with van der Waals surface area (Å²) >= 11 is 0. The van der Waals surface area contributed by atoms with Gasteiger partial charge in [-0.25, -0.2) is 13.2 Å². The molecule has 12 nitrogen and oxygen atoms in total. The predicted molar refractivity (Wildman–Crippen MR) is 159 cm³/mol. The molecule has 5 atom stereocenters. The average molecular weight is 617 g/mol. The van der Waals surface area contributed by atoms with Crippen molar-refractivity contribution in [2.75, 3.05) is 45.3 Å². The van der Waals surface area contributed by atoms with Gasteiger partial charge >= 0.3 is 6.09 Å². The highest BCUT2D eigenvalue weighted by atomic mass is 32.2. The van der Waals surface area contributed by atoms with Crippen LogP contribution in [0.3, 0.4) is 0 Å². The minimum absolute atomic E-state index is 0.0342. The summed E-state index contributed by atoms with van der Waals surface area (Å²) in [7, 11) is -0.463. The number of rotatable bonds is 12. The number of ether oxygens (including phenoxy) is 3. The van der Waals surface area contributed by atoms with Crippen LogP contribution in [-0.2, 0) is 30.7 Å². The Bertz CT molecular complexity index is 1500. The summed E-state index contributed by atoms with van der Waals surface area (Å²) in [6.07, 6.45) is -1.78. The van der Waals surface area contributed by atoms with Gasteiger partial charge in [0.2, 0.25) is 10.0 Å². The topological polar surface area (TPSA) is 144 Å². The van der Waals surface area contributed by atoms with E-state index >= 15 is 0 Å². The minimum Gasteiger partial charge on any atom is -0.443 e. The van der Waals surface area contributed by atoms with Crippen LogP contribution in [0.2, 0.25) is 0 Å². The van der Waals surface area contributed by atoms with Gasteiger partial charge < -0.3 is 34.1 Å². The van der Waals surface area contributed by atoms with Crippen molar-refractivity contribution in [2.24, 2.45) is 11.8 Å². The molecule has 0 spiro atoms. The van der Waals surface area contributed by atoms with Gasteiger partial charge in [-0.3, -0.25) is 0 Å². The molecule has 43 heavy (non-hydrogen) atoms. The first-order chi connectivity index (χ1) is 20.5. The highest BCUT2D eigenvalue weighted by molar-refractivity contribution is 7.89. The van der Waals surface area contributed by atoms with Crippen LogP contribution in [-0.4, -0.2) is 94.0 Å². The van der Waals surface area contributed by atoms with Crippen molar-refractivity contribution in [1.82, 2.24) is 14.8 Å². The highest BCUT2D eigenvalue weighted by Crippen LogP contribution is 2.33. The maximum Gasteiger partial charge on any atom is 0.407 e. The van der Waals surface area contributed by atoms with E-state index in [1.165, 1.54) is 16.4 Å². The quantitative estimate of drug-likeness (QED) is 0.312. The molecular formula is C30H40N4O8S. The molecule has 3 heterocycles. The van der Waals surface area contributed by atoms with Crippen LogP contribution in [0.4, 0.5) is 10.6 Å². The summed E-state index contributed by atoms with van der Waals surface area (Å²) in [5.41, 5.74) is 1.33. The normalized spacial score (nSPS) is 21.7. The van der Waals surface area contributed by atoms with Gasteiger partial charge in [-0.15, -0.1) is 0 Å². The number of aliphatic hydroxyl groups excluding tert-OH is 1. The summed E-state index contributed by atoms with van der Waals surface area (Å²) in [6, 6.07) is 13.1. The number of carbonyl (C=O) groups excluding carboxylic acids is 1. The first-order valence-electron chi connectivity index (χ1n) is 14.5. The standard InChI is InChI=1S/C30H40N4O8S/c1-19(2)16-34(43(37,38)21-10-11-26-23(15-21)28(32-42-26)33(3)4)17-25(35)24(14-20-8-6-5-7-9-20)31-30(36)41-27-18-40-29-22(27)12-13-39-29/h5-11,15,19,22,24-25,27,29,35H,12-14,16-18H2,1-4H3,(H,31,36). The van der Waals surface area contributed by atoms with Crippen LogP contribution in [0.25, 0.3) is 11.0 Å². The van der Waals surface area contributed by atoms with Crippen molar-refractivity contribution in [3.8, 4) is 0 Å². The van der Waals surface area contributed by atoms with Gasteiger partial charge in [-0.05, 0) is 42.5 Å². The maximum absolute atomic E-state index is 14.0. The number of nitrogens with zero attached hydrogens (tertiary/aromatic N) is 3. The third-order valence-electron chi connectivity index (χ3n) is 7.75. The van der Waals surface area contributed by atoms with E-state index in [0.717, 1.165) is 12.0 Å². The third-order valence-corrected chi connectivity index (χ3v) is 9.58. The lowest BCUT2D eigenvalue weighted by Crippen LogP contribution is -2.51. The van der Waals surface area contributed by atoms with Gasteiger partial charge in [0, 0.05) is 27.2 Å². The zero-order valence-electron chi connectivity index (χ0n) is 24.9. The lowest BCUT2D eigenvalue weighted by molar-refractivity contribution is -0.0907. The summed E-state index contributed by atoms with van der Waals surface area (Å²) in [5, 5.41) is 18.9. The molecule has 0 aliphatic carbocycles. The second kappa shape index (κ2) is 13.2. The summed E-state index contributed by atoms with van der Waals surface area (Å²) in [6.45, 7) is 4.51. The molecule has 0 bridgehead atoms. The van der Waals surface area contributed by atoms with E-state index in [1.54, 1.807) is 25.1 Å². The number of fused-ring (bicyclic) bond motifs is 2. The van der Waals surface area contributed by atoms with Crippen molar-refractivity contribution in [3.05, 3.63) is 54.1 Å². The molecule has 234 valence electrons. The lowest BCUT2D eigenvalue weighted by Gasteiger charge is -2.31. The molecule has 13 heteroatoms. The molecule has 2 aliphatic rings. The van der Waals surface area contributed by atoms with Gasteiger partial charge in [0.05, 0.1) is 41.6 Å². The largest absolute Gasteiger partial charge is 0.443 e. The van der Waals surface area contributed by atoms with E-state index in [0.29, 0.717) is 23.4 Å². The molecule has 2 N–H and O–H groups in total. The number of benzene rings is 2. The van der Waals surface area contributed by atoms with Crippen molar-refractivity contribution in [2.45, 2.75) is 56.1 Å². The Hall–Kier alpha value is -3.23. The number of sulfonamides is 1. The Labute approximate surface area is 251 Å². The number of hydrogen-bond donors (Lipinski definition) is 2. The minimum atomic E-state index is -4.06. The molecule has 5 unspecified atom stereocenters. The zero-order chi connectivity index (χ0) is 30.7. The number of alkyl carbamates (subject to hydrolysis) is 1. The molecular weight excluding hydrogens is 576 g/mol. The smallest absolute Gasteiger partial charge is 0.407 e. The molecule has 1 aromatic heterocycles. The number of anilines is 1. The molecule has 2 aromatic carbocycles. The third kappa shape index (κ3) is 7.13. The molecule has 2 saturated heterocycles. The molecule has 0 radical (unpaired) electrons.